The van der Waals surface area contributed by atoms with Crippen molar-refractivity contribution in [3.63, 3.8) is 0 Å². The molecular formula is C15H11F3O3. The number of carboxylic acid groups (broad SMARTS) is 1. The Bertz CT molecular complexity index is 678. The fourth-order valence-corrected chi connectivity index (χ4v) is 1.86. The predicted molar refractivity (Wildman–Crippen MR) is 69.7 cm³/mol. The Morgan fingerprint density at radius 3 is 2.38 bits per heavy atom. The SMILES string of the molecule is Cc1cc(Oc2ccccc2C(F)(F)F)ccc1C(=O)O. The number of hydrogen-bond acceptors (Lipinski definition) is 2. The second-order valence-corrected chi connectivity index (χ2v) is 4.38. The molecule has 0 aliphatic rings. The summed E-state index contributed by atoms with van der Waals surface area (Å²) in [5, 5.41) is 8.91. The largest absolute Gasteiger partial charge is 0.478 e. The van der Waals surface area contributed by atoms with E-state index in [0.717, 1.165) is 6.07 Å². The second kappa shape index (κ2) is 5.47. The third kappa shape index (κ3) is 3.34. The van der Waals surface area contributed by atoms with Gasteiger partial charge in [-0.3, -0.25) is 0 Å². The molecular weight excluding hydrogens is 285 g/mol. The smallest absolute Gasteiger partial charge is 0.419 e. The maximum absolute atomic E-state index is 12.8. The summed E-state index contributed by atoms with van der Waals surface area (Å²) < 4.78 is 43.8. The van der Waals surface area contributed by atoms with Crippen molar-refractivity contribution in [3.8, 4) is 11.5 Å². The summed E-state index contributed by atoms with van der Waals surface area (Å²) in [7, 11) is 0. The van der Waals surface area contributed by atoms with Gasteiger partial charge in [-0.25, -0.2) is 4.79 Å². The van der Waals surface area contributed by atoms with Gasteiger partial charge < -0.3 is 9.84 Å². The number of halogens is 3. The molecule has 0 amide bonds. The van der Waals surface area contributed by atoms with Gasteiger partial charge in [0.2, 0.25) is 0 Å². The molecule has 0 heterocycles. The summed E-state index contributed by atoms with van der Waals surface area (Å²) in [4.78, 5) is 10.9. The molecule has 0 saturated heterocycles. The van der Waals surface area contributed by atoms with E-state index >= 15 is 0 Å². The molecule has 0 bridgehead atoms. The first-order chi connectivity index (χ1) is 9.79. The fraction of sp³-hybridized carbons (Fsp3) is 0.133. The van der Waals surface area contributed by atoms with Gasteiger partial charge >= 0.3 is 12.1 Å². The Kier molecular flexibility index (Phi) is 3.88. The van der Waals surface area contributed by atoms with Crippen molar-refractivity contribution < 1.29 is 27.8 Å². The van der Waals surface area contributed by atoms with E-state index in [9.17, 15) is 18.0 Å². The minimum Gasteiger partial charge on any atom is -0.478 e. The van der Waals surface area contributed by atoms with Crippen molar-refractivity contribution in [2.45, 2.75) is 13.1 Å². The summed E-state index contributed by atoms with van der Waals surface area (Å²) in [6.45, 7) is 1.55. The second-order valence-electron chi connectivity index (χ2n) is 4.38. The van der Waals surface area contributed by atoms with Gasteiger partial charge in [-0.1, -0.05) is 12.1 Å². The molecule has 6 heteroatoms. The van der Waals surface area contributed by atoms with E-state index in [2.05, 4.69) is 0 Å². The molecule has 2 rings (SSSR count). The molecule has 0 radical (unpaired) electrons. The molecule has 0 spiro atoms. The first-order valence-corrected chi connectivity index (χ1v) is 5.97. The maximum atomic E-state index is 12.8. The summed E-state index contributed by atoms with van der Waals surface area (Å²) >= 11 is 0. The van der Waals surface area contributed by atoms with Crippen LogP contribution in [-0.2, 0) is 6.18 Å². The zero-order valence-electron chi connectivity index (χ0n) is 10.9. The third-order valence-electron chi connectivity index (χ3n) is 2.85. The molecule has 0 saturated carbocycles. The van der Waals surface area contributed by atoms with Gasteiger partial charge in [0.25, 0.3) is 0 Å². The molecule has 0 aliphatic heterocycles. The summed E-state index contributed by atoms with van der Waals surface area (Å²) in [5.74, 6) is -1.28. The van der Waals surface area contributed by atoms with Crippen LogP contribution < -0.4 is 4.74 Å². The van der Waals surface area contributed by atoms with Crippen molar-refractivity contribution in [2.24, 2.45) is 0 Å². The van der Waals surface area contributed by atoms with Crippen LogP contribution in [0.1, 0.15) is 21.5 Å². The number of carboxylic acids is 1. The normalized spacial score (nSPS) is 11.2. The first-order valence-electron chi connectivity index (χ1n) is 5.97. The van der Waals surface area contributed by atoms with Gasteiger partial charge in [0, 0.05) is 0 Å². The molecule has 0 unspecified atom stereocenters. The Hall–Kier alpha value is -2.50. The molecule has 0 fully saturated rings. The van der Waals surface area contributed by atoms with Crippen LogP contribution in [0.15, 0.2) is 42.5 Å². The van der Waals surface area contributed by atoms with Crippen LogP contribution in [0.3, 0.4) is 0 Å². The number of aromatic carboxylic acids is 1. The molecule has 2 aromatic rings. The van der Waals surface area contributed by atoms with Crippen molar-refractivity contribution in [2.75, 3.05) is 0 Å². The number of aryl methyl sites for hydroxylation is 1. The topological polar surface area (TPSA) is 46.5 Å². The summed E-state index contributed by atoms with van der Waals surface area (Å²) in [6.07, 6.45) is -4.52. The van der Waals surface area contributed by atoms with Gasteiger partial charge in [0.05, 0.1) is 11.1 Å². The van der Waals surface area contributed by atoms with E-state index in [1.54, 1.807) is 6.92 Å². The van der Waals surface area contributed by atoms with Crippen LogP contribution in [0.5, 0.6) is 11.5 Å². The molecule has 0 atom stereocenters. The molecule has 0 aromatic heterocycles. The highest BCUT2D eigenvalue weighted by molar-refractivity contribution is 5.89. The maximum Gasteiger partial charge on any atom is 0.419 e. The van der Waals surface area contributed by atoms with Crippen molar-refractivity contribution >= 4 is 5.97 Å². The quantitative estimate of drug-likeness (QED) is 0.906. The lowest BCUT2D eigenvalue weighted by atomic mass is 10.1. The highest BCUT2D eigenvalue weighted by Crippen LogP contribution is 2.38. The van der Waals surface area contributed by atoms with Gasteiger partial charge in [-0.05, 0) is 42.8 Å². The van der Waals surface area contributed by atoms with Crippen molar-refractivity contribution in [1.29, 1.82) is 0 Å². The van der Waals surface area contributed by atoms with E-state index in [4.69, 9.17) is 9.84 Å². The van der Waals surface area contributed by atoms with Gasteiger partial charge in [0.1, 0.15) is 11.5 Å². The van der Waals surface area contributed by atoms with Crippen molar-refractivity contribution in [1.82, 2.24) is 0 Å². The van der Waals surface area contributed by atoms with Crippen LogP contribution in [0.4, 0.5) is 13.2 Å². The minimum absolute atomic E-state index is 0.0754. The van der Waals surface area contributed by atoms with E-state index in [-0.39, 0.29) is 17.1 Å². The number of para-hydroxylation sites is 1. The number of rotatable bonds is 3. The number of alkyl halides is 3. The standard InChI is InChI=1S/C15H11F3O3/c1-9-8-10(6-7-11(9)14(19)20)21-13-5-3-2-4-12(13)15(16,17)18/h2-8H,1H3,(H,19,20). The minimum atomic E-state index is -4.52. The highest BCUT2D eigenvalue weighted by Gasteiger charge is 2.34. The van der Waals surface area contributed by atoms with Crippen LogP contribution in [0.25, 0.3) is 0 Å². The lowest BCUT2D eigenvalue weighted by Crippen LogP contribution is -2.07. The average Bonchev–Trinajstić information content (AvgIpc) is 2.37. The third-order valence-corrected chi connectivity index (χ3v) is 2.85. The van der Waals surface area contributed by atoms with E-state index in [0.29, 0.717) is 5.56 Å². The van der Waals surface area contributed by atoms with Gasteiger partial charge in [-0.2, -0.15) is 13.2 Å². The molecule has 2 aromatic carbocycles. The predicted octanol–water partition coefficient (Wildman–Crippen LogP) is 4.50. The highest BCUT2D eigenvalue weighted by atomic mass is 19.4. The summed E-state index contributed by atoms with van der Waals surface area (Å²) in [5.41, 5.74) is -0.402. The Balaban J connectivity index is 2.35. The number of benzene rings is 2. The number of ether oxygens (including phenoxy) is 1. The van der Waals surface area contributed by atoms with Crippen LogP contribution in [0.2, 0.25) is 0 Å². The molecule has 21 heavy (non-hydrogen) atoms. The molecule has 110 valence electrons. The molecule has 3 nitrogen and oxygen atoms in total. The molecule has 0 aliphatic carbocycles. The lowest BCUT2D eigenvalue weighted by Gasteiger charge is -2.14. The monoisotopic (exact) mass is 296 g/mol. The number of hydrogen-bond donors (Lipinski definition) is 1. The van der Waals surface area contributed by atoms with Crippen LogP contribution in [0, 0.1) is 6.92 Å². The fourth-order valence-electron chi connectivity index (χ4n) is 1.86. The zero-order valence-corrected chi connectivity index (χ0v) is 10.9. The molecule has 1 N–H and O–H groups in total. The van der Waals surface area contributed by atoms with E-state index < -0.39 is 17.7 Å². The zero-order chi connectivity index (χ0) is 15.6. The Morgan fingerprint density at radius 1 is 1.14 bits per heavy atom. The number of carbonyl (C=O) groups is 1. The van der Waals surface area contributed by atoms with Crippen LogP contribution in [-0.4, -0.2) is 11.1 Å². The van der Waals surface area contributed by atoms with Gasteiger partial charge in [-0.15, -0.1) is 0 Å². The lowest BCUT2D eigenvalue weighted by molar-refractivity contribution is -0.138. The van der Waals surface area contributed by atoms with Crippen LogP contribution >= 0.6 is 0 Å². The van der Waals surface area contributed by atoms with Gasteiger partial charge in [0.15, 0.2) is 0 Å². The van der Waals surface area contributed by atoms with Crippen molar-refractivity contribution in [3.05, 3.63) is 59.2 Å². The Labute approximate surface area is 118 Å². The summed E-state index contributed by atoms with van der Waals surface area (Å²) in [6, 6.07) is 8.85. The average molecular weight is 296 g/mol. The Morgan fingerprint density at radius 2 is 1.81 bits per heavy atom. The van der Waals surface area contributed by atoms with E-state index in [1.807, 2.05) is 0 Å². The van der Waals surface area contributed by atoms with E-state index in [1.165, 1.54) is 36.4 Å². The first kappa shape index (κ1) is 14.9.